The van der Waals surface area contributed by atoms with Gasteiger partial charge in [0.05, 0.1) is 28.6 Å². The molecule has 3 aromatic carbocycles. The van der Waals surface area contributed by atoms with Crippen LogP contribution in [0.5, 0.6) is 11.8 Å². The fourth-order valence-corrected chi connectivity index (χ4v) is 12.5. The van der Waals surface area contributed by atoms with E-state index < -0.39 is 29.2 Å². The summed E-state index contributed by atoms with van der Waals surface area (Å²) in [6, 6.07) is 11.8. The Balaban J connectivity index is 0.715. The predicted octanol–water partition coefficient (Wildman–Crippen LogP) is 6.46. The molecule has 11 rings (SSSR count). The van der Waals surface area contributed by atoms with Crippen molar-refractivity contribution in [3.8, 4) is 23.0 Å². The monoisotopic (exact) mass is 986 g/mol. The number of benzene rings is 3. The molecule has 6 aromatic rings. The van der Waals surface area contributed by atoms with Gasteiger partial charge in [-0.2, -0.15) is 9.97 Å². The zero-order chi connectivity index (χ0) is 50.0. The second-order valence-corrected chi connectivity index (χ2v) is 21.3. The van der Waals surface area contributed by atoms with Gasteiger partial charge in [-0.15, -0.1) is 0 Å². The number of hydrogen-bond acceptors (Lipinski definition) is 13. The number of phenolic OH excluding ortho intramolecular Hbond substituents is 1. The molecular formula is C54H64F2N10O6. The number of ether oxygens (including phenoxy) is 1. The fraction of sp³-hybridized carbons (Fsp3) is 0.519. The van der Waals surface area contributed by atoms with Gasteiger partial charge in [0, 0.05) is 82.1 Å². The number of anilines is 2. The molecule has 0 bridgehead atoms. The van der Waals surface area contributed by atoms with Crippen LogP contribution in [0.3, 0.4) is 0 Å². The number of phenols is 1. The number of aryl methyl sites for hydroxylation is 2. The summed E-state index contributed by atoms with van der Waals surface area (Å²) in [5.74, 6) is -0.681. The number of aromatic nitrogens is 5. The molecule has 0 spiro atoms. The van der Waals surface area contributed by atoms with Gasteiger partial charge in [-0.25, -0.2) is 13.6 Å². The lowest BCUT2D eigenvalue weighted by molar-refractivity contribution is -0.135. The third kappa shape index (κ3) is 9.14. The van der Waals surface area contributed by atoms with E-state index in [0.717, 1.165) is 95.5 Å². The van der Waals surface area contributed by atoms with Gasteiger partial charge in [0.2, 0.25) is 11.8 Å². The van der Waals surface area contributed by atoms with Gasteiger partial charge in [-0.1, -0.05) is 13.0 Å². The average molecular weight is 987 g/mol. The smallest absolute Gasteiger partial charge is 0.329 e. The Bertz CT molecular complexity index is 3140. The quantitative estimate of drug-likeness (QED) is 0.121. The van der Waals surface area contributed by atoms with E-state index in [4.69, 9.17) is 9.72 Å². The van der Waals surface area contributed by atoms with E-state index in [0.29, 0.717) is 84.0 Å². The van der Waals surface area contributed by atoms with E-state index in [9.17, 15) is 24.6 Å². The molecule has 0 aliphatic carbocycles. The maximum absolute atomic E-state index is 17.1. The summed E-state index contributed by atoms with van der Waals surface area (Å²) in [7, 11) is 1.74. The second-order valence-electron chi connectivity index (χ2n) is 21.3. The van der Waals surface area contributed by atoms with Crippen molar-refractivity contribution in [2.24, 2.45) is 18.9 Å². The summed E-state index contributed by atoms with van der Waals surface area (Å²) in [5.41, 5.74) is 1.95. The van der Waals surface area contributed by atoms with Crippen molar-refractivity contribution in [1.82, 2.24) is 39.2 Å². The van der Waals surface area contributed by atoms with Crippen LogP contribution in [0, 0.1) is 23.5 Å². The van der Waals surface area contributed by atoms with Crippen molar-refractivity contribution in [2.45, 2.75) is 95.7 Å². The minimum absolute atomic E-state index is 0.00830. The molecule has 2 amide bonds. The molecule has 5 fully saturated rings. The Morgan fingerprint density at radius 2 is 1.68 bits per heavy atom. The first-order chi connectivity index (χ1) is 34.7. The van der Waals surface area contributed by atoms with E-state index in [1.807, 2.05) is 24.0 Å². The lowest BCUT2D eigenvalue weighted by Gasteiger charge is -2.40. The number of rotatable bonds is 11. The summed E-state index contributed by atoms with van der Waals surface area (Å²) < 4.78 is 41.8. The number of nitrogens with zero attached hydrogens (tertiary/aromatic N) is 9. The summed E-state index contributed by atoms with van der Waals surface area (Å²) in [4.78, 5) is 61.4. The first kappa shape index (κ1) is 48.1. The highest BCUT2D eigenvalue weighted by molar-refractivity contribution is 6.02. The molecule has 8 heterocycles. The second kappa shape index (κ2) is 19.3. The predicted molar refractivity (Wildman–Crippen MR) is 271 cm³/mol. The number of hydrogen-bond donors (Lipinski definition) is 3. The third-order valence-electron chi connectivity index (χ3n) is 16.3. The molecular weight excluding hydrogens is 923 g/mol. The average Bonchev–Trinajstić information content (AvgIpc) is 3.94. The first-order valence-electron chi connectivity index (χ1n) is 25.9. The van der Waals surface area contributed by atoms with Crippen molar-refractivity contribution in [2.75, 3.05) is 75.3 Å². The first-order valence-corrected chi connectivity index (χ1v) is 25.9. The number of piperidine rings is 4. The van der Waals surface area contributed by atoms with E-state index in [-0.39, 0.29) is 52.5 Å². The number of carbonyl (C=O) groups is 2. The fourth-order valence-electron chi connectivity index (χ4n) is 12.5. The lowest BCUT2D eigenvalue weighted by Crippen LogP contribution is -2.46. The normalized spacial score (nSPS) is 23.2. The standard InChI is InChI=1S/C54H64F2N10O6/c1-4-38-41(55)8-6-34-24-37(67)26-39(46(34)38)48-47(56)49-40(27-57-48)50(65-18-5-17-54(2,71)31-65)60-52(59-49)72-30-33-14-23-64(29-33)35-15-19-62(20-16-35)28-32-12-21-63(22-13-32)36-7-9-42-44(25-36)61(3)53(70)66(42)43-10-11-45(68)58-51(43)69/h6-9,24-27,32-33,35,43,67,71H,4-5,10-23,28-31H2,1-3H3,(H,58,68,69)/t33?,43?,54-/m1/s1. The Labute approximate surface area is 416 Å². The molecule has 16 nitrogen and oxygen atoms in total. The highest BCUT2D eigenvalue weighted by atomic mass is 19.1. The van der Waals surface area contributed by atoms with Gasteiger partial charge in [0.15, 0.2) is 5.82 Å². The van der Waals surface area contributed by atoms with Crippen LogP contribution in [0.15, 0.2) is 53.5 Å². The maximum atomic E-state index is 17.1. The van der Waals surface area contributed by atoms with Gasteiger partial charge >= 0.3 is 11.7 Å². The van der Waals surface area contributed by atoms with E-state index >= 15 is 8.78 Å². The summed E-state index contributed by atoms with van der Waals surface area (Å²) in [6.45, 7) is 11.8. The van der Waals surface area contributed by atoms with Crippen LogP contribution >= 0.6 is 0 Å². The largest absolute Gasteiger partial charge is 0.508 e. The van der Waals surface area contributed by atoms with Crippen LogP contribution < -0.4 is 25.5 Å². The minimum Gasteiger partial charge on any atom is -0.508 e. The molecule has 5 aliphatic heterocycles. The van der Waals surface area contributed by atoms with Gasteiger partial charge < -0.3 is 29.6 Å². The zero-order valence-electron chi connectivity index (χ0n) is 41.4. The molecule has 3 N–H and O–H groups in total. The number of halogens is 2. The topological polar surface area (TPSA) is 174 Å². The number of aliphatic hydroxyl groups is 1. The lowest BCUT2D eigenvalue weighted by atomic mass is 9.94. The molecule has 18 heteroatoms. The van der Waals surface area contributed by atoms with Gasteiger partial charge in [-0.05, 0) is 143 Å². The van der Waals surface area contributed by atoms with Crippen LogP contribution in [0.4, 0.5) is 20.3 Å². The number of pyridine rings is 1. The molecule has 2 unspecified atom stereocenters. The molecule has 0 saturated carbocycles. The van der Waals surface area contributed by atoms with E-state index in [1.54, 1.807) is 24.6 Å². The molecule has 0 radical (unpaired) electrons. The number of carbonyl (C=O) groups excluding carboxylic acids is 2. The third-order valence-corrected chi connectivity index (χ3v) is 16.3. The van der Waals surface area contributed by atoms with Crippen LogP contribution in [-0.4, -0.2) is 133 Å². The summed E-state index contributed by atoms with van der Waals surface area (Å²) in [5, 5.41) is 25.6. The van der Waals surface area contributed by atoms with Gasteiger partial charge in [-0.3, -0.25) is 33.9 Å². The van der Waals surface area contributed by atoms with Gasteiger partial charge in [0.1, 0.15) is 34.6 Å². The minimum atomic E-state index is -0.966. The van der Waals surface area contributed by atoms with Crippen LogP contribution in [-0.2, 0) is 23.1 Å². The highest BCUT2D eigenvalue weighted by Crippen LogP contribution is 2.40. The number of β-amino-alcohol motifs (C(OH)–C–C–N with tert-alkyl or cyclic N) is 1. The van der Waals surface area contributed by atoms with Gasteiger partial charge in [0.25, 0.3) is 0 Å². The summed E-state index contributed by atoms with van der Waals surface area (Å²) >= 11 is 0. The molecule has 72 heavy (non-hydrogen) atoms. The van der Waals surface area contributed by atoms with Crippen molar-refractivity contribution >= 4 is 56.0 Å². The van der Waals surface area contributed by atoms with Crippen molar-refractivity contribution in [1.29, 1.82) is 0 Å². The maximum Gasteiger partial charge on any atom is 0.329 e. The molecule has 3 aromatic heterocycles. The Kier molecular flexibility index (Phi) is 12.9. The van der Waals surface area contributed by atoms with Crippen LogP contribution in [0.1, 0.15) is 83.2 Å². The van der Waals surface area contributed by atoms with Crippen molar-refractivity contribution in [3.05, 3.63) is 76.3 Å². The molecule has 5 aliphatic rings. The van der Waals surface area contributed by atoms with E-state index in [2.05, 4.69) is 36.1 Å². The van der Waals surface area contributed by atoms with Crippen molar-refractivity contribution < 1.29 is 33.3 Å². The Hall–Kier alpha value is -6.24. The number of aromatic hydroxyl groups is 1. The highest BCUT2D eigenvalue weighted by Gasteiger charge is 2.36. The Morgan fingerprint density at radius 3 is 2.44 bits per heavy atom. The van der Waals surface area contributed by atoms with Crippen molar-refractivity contribution in [3.63, 3.8) is 0 Å². The SMILES string of the molecule is CCc1c(F)ccc2cc(O)cc(-c3ncc4c(N5CCC[C@@](C)(O)C5)nc(OCC5CCN(C6CCN(CC7CCN(c8ccc9c(c8)n(C)c(=O)n9C8CCC(=O)NC8=O)CC7)CC6)C5)nc4c3F)c12. The number of imide groups is 1. The summed E-state index contributed by atoms with van der Waals surface area (Å²) in [6.07, 6.45) is 9.11. The van der Waals surface area contributed by atoms with Crippen LogP contribution in [0.2, 0.25) is 0 Å². The number of fused-ring (bicyclic) bond motifs is 3. The number of nitrogens with one attached hydrogen (secondary N) is 1. The number of amides is 2. The number of likely N-dealkylation sites (tertiary alicyclic amines) is 2. The number of imidazole rings is 1. The molecule has 380 valence electrons. The Morgan fingerprint density at radius 1 is 0.889 bits per heavy atom. The molecule has 5 saturated heterocycles. The van der Waals surface area contributed by atoms with Crippen LogP contribution in [0.25, 0.3) is 44.0 Å². The molecule has 3 atom stereocenters. The zero-order valence-corrected chi connectivity index (χ0v) is 41.4. The van der Waals surface area contributed by atoms with E-state index in [1.165, 1.54) is 29.0 Å².